The molecule has 3 fully saturated rings. The van der Waals surface area contributed by atoms with E-state index in [0.29, 0.717) is 66.5 Å². The quantitative estimate of drug-likeness (QED) is 0.0994. The molecule has 18 heteroatoms. The number of anilines is 1. The van der Waals surface area contributed by atoms with Crippen LogP contribution < -0.4 is 16.0 Å². The van der Waals surface area contributed by atoms with Gasteiger partial charge in [0, 0.05) is 57.8 Å². The normalized spacial score (nSPS) is 19.7. The minimum Gasteiger partial charge on any atom is -0.343 e. The van der Waals surface area contributed by atoms with E-state index >= 15 is 0 Å². The van der Waals surface area contributed by atoms with Crippen molar-refractivity contribution in [1.29, 1.82) is 0 Å². The molecule has 6 heterocycles. The largest absolute Gasteiger partial charge is 0.343 e. The number of fused-ring (bicyclic) bond motifs is 3. The van der Waals surface area contributed by atoms with E-state index < -0.39 is 24.2 Å². The molecule has 4 atom stereocenters. The summed E-state index contributed by atoms with van der Waals surface area (Å²) in [6, 6.07) is 14.9. The van der Waals surface area contributed by atoms with Crippen molar-refractivity contribution in [1.82, 2.24) is 44.8 Å². The molecule has 0 bridgehead atoms. The molecule has 4 amide bonds. The highest BCUT2D eigenvalue weighted by molar-refractivity contribution is 7.15. The van der Waals surface area contributed by atoms with Gasteiger partial charge in [-0.1, -0.05) is 77.8 Å². The van der Waals surface area contributed by atoms with Gasteiger partial charge in [0.25, 0.3) is 0 Å². The summed E-state index contributed by atoms with van der Waals surface area (Å²) in [5.41, 5.74) is 5.40. The number of thiophene rings is 1. The molecule has 68 heavy (non-hydrogen) atoms. The Morgan fingerprint density at radius 3 is 2.35 bits per heavy atom. The predicted octanol–water partition coefficient (Wildman–Crippen LogP) is 8.01. The van der Waals surface area contributed by atoms with E-state index in [-0.39, 0.29) is 36.0 Å². The van der Waals surface area contributed by atoms with E-state index in [0.717, 1.165) is 102 Å². The minimum atomic E-state index is -0.707. The standard InChI is InChI=1S/C50H60ClN11O4S2/c1-29-31(3)67-50-41(29)42(36-17-19-37(51)20-18-36)53-38(45-58-56-32(4)62(45)50)28-40(63)60-26-22-33(23-27-60)21-24-52-30(2)46(64)54-44(35-14-9-6-10-15-35)49(66)61-25-11-16-39(61)47(65)55-48-43(57-59-68-48)34-12-7-5-8-13-34/h5,7-8,12-13,17-20,30,33,35,38-39,44,52H,6,9-11,14-16,21-28H2,1-4H3,(H,54,64)(H,55,65)/t30-,38-,39-,44-/m0/s1. The molecule has 3 aliphatic heterocycles. The van der Waals surface area contributed by atoms with E-state index in [9.17, 15) is 19.2 Å². The van der Waals surface area contributed by atoms with Gasteiger partial charge in [0.15, 0.2) is 5.82 Å². The lowest BCUT2D eigenvalue weighted by molar-refractivity contribution is -0.142. The Bertz CT molecular complexity index is 2650. The first-order chi connectivity index (χ1) is 32.9. The van der Waals surface area contributed by atoms with Gasteiger partial charge >= 0.3 is 0 Å². The van der Waals surface area contributed by atoms with E-state index in [2.05, 4.69) is 54.1 Å². The Morgan fingerprint density at radius 1 is 0.853 bits per heavy atom. The number of rotatable bonds is 14. The van der Waals surface area contributed by atoms with Crippen LogP contribution in [0.15, 0.2) is 59.6 Å². The van der Waals surface area contributed by atoms with Crippen molar-refractivity contribution in [2.45, 2.75) is 122 Å². The van der Waals surface area contributed by atoms with Crippen LogP contribution in [0.25, 0.3) is 16.3 Å². The maximum Gasteiger partial charge on any atom is 0.247 e. The van der Waals surface area contributed by atoms with Crippen molar-refractivity contribution < 1.29 is 19.2 Å². The Morgan fingerprint density at radius 2 is 1.60 bits per heavy atom. The number of likely N-dealkylation sites (tertiary alicyclic amines) is 2. The number of aromatic nitrogens is 5. The minimum absolute atomic E-state index is 0.00415. The Balaban J connectivity index is 0.785. The highest BCUT2D eigenvalue weighted by Gasteiger charge is 2.42. The molecule has 3 aromatic heterocycles. The number of hydrogen-bond donors (Lipinski definition) is 3. The van der Waals surface area contributed by atoms with Gasteiger partial charge in [0.05, 0.1) is 18.2 Å². The summed E-state index contributed by atoms with van der Waals surface area (Å²) in [5, 5.41) is 25.1. The van der Waals surface area contributed by atoms with Crippen LogP contribution in [0, 0.1) is 32.6 Å². The average molecular weight is 979 g/mol. The monoisotopic (exact) mass is 977 g/mol. The van der Waals surface area contributed by atoms with Crippen molar-refractivity contribution >= 4 is 68.8 Å². The van der Waals surface area contributed by atoms with Crippen molar-refractivity contribution in [3.05, 3.63) is 92.8 Å². The van der Waals surface area contributed by atoms with Crippen LogP contribution in [0.2, 0.25) is 5.02 Å². The fourth-order valence-corrected chi connectivity index (χ4v) is 12.3. The smallest absolute Gasteiger partial charge is 0.247 e. The predicted molar refractivity (Wildman–Crippen MR) is 266 cm³/mol. The number of benzene rings is 2. The summed E-state index contributed by atoms with van der Waals surface area (Å²) in [5.74, 6) is 1.19. The third-order valence-electron chi connectivity index (χ3n) is 14.4. The number of carbonyl (C=O) groups is 4. The zero-order valence-electron chi connectivity index (χ0n) is 39.2. The molecule has 2 aromatic carbocycles. The number of piperidine rings is 1. The molecule has 5 aromatic rings. The second-order valence-corrected chi connectivity index (χ2v) is 21.2. The van der Waals surface area contributed by atoms with Gasteiger partial charge in [-0.05, 0) is 109 Å². The van der Waals surface area contributed by atoms with Crippen LogP contribution in [0.4, 0.5) is 5.00 Å². The first kappa shape index (κ1) is 47.7. The van der Waals surface area contributed by atoms with Crippen LogP contribution in [0.1, 0.15) is 117 Å². The van der Waals surface area contributed by atoms with E-state index in [1.165, 1.54) is 4.88 Å². The van der Waals surface area contributed by atoms with Crippen LogP contribution >= 0.6 is 34.5 Å². The summed E-state index contributed by atoms with van der Waals surface area (Å²) in [6.07, 6.45) is 8.83. The number of aliphatic imine (C=N–C) groups is 1. The van der Waals surface area contributed by atoms with Crippen molar-refractivity contribution in [3.63, 3.8) is 0 Å². The second kappa shape index (κ2) is 21.1. The maximum absolute atomic E-state index is 14.5. The maximum atomic E-state index is 14.5. The van der Waals surface area contributed by atoms with E-state index in [1.807, 2.05) is 73.3 Å². The molecule has 3 N–H and O–H groups in total. The summed E-state index contributed by atoms with van der Waals surface area (Å²) >= 11 is 9.10. The van der Waals surface area contributed by atoms with Gasteiger partial charge in [0.2, 0.25) is 23.6 Å². The topological polar surface area (TPSA) is 180 Å². The highest BCUT2D eigenvalue weighted by atomic mass is 35.5. The fraction of sp³-hybridized carbons (Fsp3) is 0.500. The number of carbonyl (C=O) groups excluding carboxylic acids is 4. The molecule has 1 saturated carbocycles. The van der Waals surface area contributed by atoms with Crippen molar-refractivity contribution in [2.24, 2.45) is 16.8 Å². The van der Waals surface area contributed by atoms with Crippen LogP contribution in [-0.2, 0) is 19.2 Å². The number of nitrogens with zero attached hydrogens (tertiary/aromatic N) is 8. The number of hydrogen-bond acceptors (Lipinski definition) is 12. The number of halogens is 1. The molecule has 15 nitrogen and oxygen atoms in total. The summed E-state index contributed by atoms with van der Waals surface area (Å²) in [7, 11) is 0. The molecule has 9 rings (SSSR count). The van der Waals surface area contributed by atoms with Gasteiger partial charge < -0.3 is 25.8 Å². The van der Waals surface area contributed by atoms with Gasteiger partial charge in [-0.3, -0.25) is 28.7 Å². The molecule has 4 aliphatic rings. The molecule has 2 saturated heterocycles. The molecule has 1 aliphatic carbocycles. The van der Waals surface area contributed by atoms with E-state index in [4.69, 9.17) is 16.6 Å². The SMILES string of the molecule is Cc1sc2c(c1C)C(c1ccc(Cl)cc1)=N[C@@H](CC(=O)N1CCC(CCN[C@@H](C)C(=O)N[C@H](C(=O)N3CCC[C@H]3C(=O)Nc3snnc3-c3ccccc3)C3CCCCC3)CC1)c1nnc(C)n1-2. The first-order valence-corrected chi connectivity index (χ1v) is 26.1. The zero-order chi connectivity index (χ0) is 47.5. The Kier molecular flexibility index (Phi) is 14.8. The van der Waals surface area contributed by atoms with Crippen molar-refractivity contribution in [2.75, 3.05) is 31.5 Å². The second-order valence-electron chi connectivity index (χ2n) is 18.8. The van der Waals surface area contributed by atoms with Gasteiger partial charge in [-0.15, -0.1) is 26.6 Å². The molecule has 358 valence electrons. The molecular weight excluding hydrogens is 918 g/mol. The van der Waals surface area contributed by atoms with Crippen LogP contribution in [-0.4, -0.2) is 108 Å². The third kappa shape index (κ3) is 10.2. The molecule has 0 radical (unpaired) electrons. The van der Waals surface area contributed by atoms with Gasteiger partial charge in [-0.2, -0.15) is 0 Å². The van der Waals surface area contributed by atoms with Gasteiger partial charge in [-0.25, -0.2) is 0 Å². The lowest BCUT2D eigenvalue weighted by Gasteiger charge is -2.35. The lowest BCUT2D eigenvalue weighted by Crippen LogP contribution is -2.58. The first-order valence-electron chi connectivity index (χ1n) is 24.1. The highest BCUT2D eigenvalue weighted by Crippen LogP contribution is 2.40. The Hall–Kier alpha value is -5.36. The molecule has 0 spiro atoms. The fourth-order valence-electron chi connectivity index (χ4n) is 10.4. The third-order valence-corrected chi connectivity index (χ3v) is 16.5. The summed E-state index contributed by atoms with van der Waals surface area (Å²) < 4.78 is 6.17. The average Bonchev–Trinajstić information content (AvgIpc) is 4.16. The summed E-state index contributed by atoms with van der Waals surface area (Å²) in [4.78, 5) is 66.4. The van der Waals surface area contributed by atoms with Crippen molar-refractivity contribution in [3.8, 4) is 16.3 Å². The number of aryl methyl sites for hydroxylation is 2. The zero-order valence-corrected chi connectivity index (χ0v) is 41.6. The Labute approximate surface area is 410 Å². The van der Waals surface area contributed by atoms with Crippen LogP contribution in [0.3, 0.4) is 0 Å². The number of nitrogens with one attached hydrogen (secondary N) is 3. The summed E-state index contributed by atoms with van der Waals surface area (Å²) in [6.45, 7) is 10.4. The number of amides is 4. The molecular formula is C50H60ClN11O4S2. The lowest BCUT2D eigenvalue weighted by atomic mass is 9.83. The molecule has 0 unspecified atom stereocenters. The van der Waals surface area contributed by atoms with Gasteiger partial charge in [0.1, 0.15) is 39.6 Å². The van der Waals surface area contributed by atoms with Crippen LogP contribution in [0.5, 0.6) is 0 Å². The van der Waals surface area contributed by atoms with E-state index in [1.54, 1.807) is 16.2 Å².